The van der Waals surface area contributed by atoms with Crippen molar-refractivity contribution in [1.82, 2.24) is 10.2 Å². The third-order valence-corrected chi connectivity index (χ3v) is 6.93. The van der Waals surface area contributed by atoms with E-state index in [9.17, 15) is 14.4 Å². The van der Waals surface area contributed by atoms with Crippen LogP contribution in [-0.2, 0) is 20.8 Å². The number of nitrogens with one attached hydrogen (secondary N) is 1. The molecule has 0 bridgehead atoms. The molecule has 0 radical (unpaired) electrons. The van der Waals surface area contributed by atoms with Crippen LogP contribution in [0.5, 0.6) is 0 Å². The van der Waals surface area contributed by atoms with E-state index in [2.05, 4.69) is 17.9 Å². The fourth-order valence-corrected chi connectivity index (χ4v) is 5.73. The Morgan fingerprint density at radius 2 is 1.96 bits per heavy atom. The Morgan fingerprint density at radius 3 is 2.63 bits per heavy atom. The lowest BCUT2D eigenvalue weighted by Gasteiger charge is -2.49. The van der Waals surface area contributed by atoms with E-state index in [1.807, 2.05) is 47.8 Å². The number of amides is 2. The zero-order valence-electron chi connectivity index (χ0n) is 14.1. The highest BCUT2D eigenvalue weighted by atomic mass is 32.2. The van der Waals surface area contributed by atoms with E-state index in [1.165, 1.54) is 16.2 Å². The zero-order chi connectivity index (χ0) is 19.0. The highest BCUT2D eigenvalue weighted by molar-refractivity contribution is 8.00. The fraction of sp³-hybridized carbons (Fsp3) is 0.211. The van der Waals surface area contributed by atoms with Crippen LogP contribution in [0.2, 0.25) is 0 Å². The van der Waals surface area contributed by atoms with Crippen molar-refractivity contribution in [1.29, 1.82) is 0 Å². The van der Waals surface area contributed by atoms with E-state index in [-0.39, 0.29) is 23.6 Å². The Bertz CT molecular complexity index is 925. The van der Waals surface area contributed by atoms with Crippen LogP contribution in [0.15, 0.2) is 53.5 Å². The monoisotopic (exact) mass is 416 g/mol. The molecule has 2 atom stereocenters. The van der Waals surface area contributed by atoms with Crippen LogP contribution in [0.4, 0.5) is 0 Å². The highest BCUT2D eigenvalue weighted by Crippen LogP contribution is 2.44. The van der Waals surface area contributed by atoms with Crippen molar-refractivity contribution in [2.45, 2.75) is 17.8 Å². The molecule has 5 nitrogen and oxygen atoms in total. The van der Waals surface area contributed by atoms with E-state index >= 15 is 0 Å². The van der Waals surface area contributed by atoms with Crippen LogP contribution in [-0.4, -0.2) is 39.0 Å². The maximum Gasteiger partial charge on any atom is 0.253 e. The normalized spacial score (nSPS) is 21.5. The summed E-state index contributed by atoms with van der Waals surface area (Å²) < 4.78 is 0. The molecule has 0 aliphatic carbocycles. The number of nitrogens with zero attached hydrogens (tertiary/aromatic N) is 1. The topological polar surface area (TPSA) is 66.5 Å². The number of carbonyl (C=O) groups excluding carboxylic acids is 3. The average Bonchev–Trinajstić information content (AvgIpc) is 3.20. The second-order valence-electron chi connectivity index (χ2n) is 6.23. The zero-order valence-corrected chi connectivity index (χ0v) is 16.7. The molecule has 8 heteroatoms. The van der Waals surface area contributed by atoms with Crippen LogP contribution < -0.4 is 5.32 Å². The van der Waals surface area contributed by atoms with Gasteiger partial charge in [0.25, 0.3) is 5.91 Å². The molecule has 2 aromatic rings. The van der Waals surface area contributed by atoms with E-state index in [0.717, 1.165) is 16.0 Å². The summed E-state index contributed by atoms with van der Waals surface area (Å²) in [5.74, 6) is 0.133. The van der Waals surface area contributed by atoms with Gasteiger partial charge in [-0.3, -0.25) is 19.3 Å². The van der Waals surface area contributed by atoms with Gasteiger partial charge in [0.1, 0.15) is 17.1 Å². The first-order valence-corrected chi connectivity index (χ1v) is 10.7. The molecule has 0 saturated carbocycles. The molecule has 2 amide bonds. The number of rotatable bonds is 5. The lowest BCUT2D eigenvalue weighted by molar-refractivity contribution is -0.146. The van der Waals surface area contributed by atoms with Crippen molar-refractivity contribution in [3.8, 4) is 0 Å². The molecule has 2 aliphatic rings. The molecule has 0 spiro atoms. The van der Waals surface area contributed by atoms with Crippen molar-refractivity contribution >= 4 is 58.2 Å². The van der Waals surface area contributed by atoms with E-state index < -0.39 is 11.2 Å². The van der Waals surface area contributed by atoms with Crippen molar-refractivity contribution in [2.75, 3.05) is 5.75 Å². The number of benzene rings is 1. The minimum Gasteiger partial charge on any atom is -0.341 e. The lowest BCUT2D eigenvalue weighted by atomic mass is 10.0. The van der Waals surface area contributed by atoms with Crippen molar-refractivity contribution in [3.05, 3.63) is 64.0 Å². The number of thiol groups is 1. The SMILES string of the molecule is O=C(Cc1ccccc1)N[C@@H]1C(=O)N2C(C(=O)S)=C(c3cccs3)CS[C@H]12. The minimum absolute atomic E-state index is 0.202. The number of β-lactam (4-membered cyclic amide) rings is 1. The molecule has 4 rings (SSSR count). The Labute approximate surface area is 170 Å². The standard InChI is InChI=1S/C19H16N2O3S3/c22-14(9-11-5-2-1-3-6-11)20-15-17(23)21-16(19(24)25)12(10-27-18(15)21)13-7-4-8-26-13/h1-8,15,18H,9-10H2,(H,20,22)(H,24,25)/t15-,18-/m1/s1. The maximum absolute atomic E-state index is 12.7. The van der Waals surface area contributed by atoms with Gasteiger partial charge in [0, 0.05) is 16.2 Å². The summed E-state index contributed by atoms with van der Waals surface area (Å²) in [6.45, 7) is 0. The summed E-state index contributed by atoms with van der Waals surface area (Å²) >= 11 is 7.07. The second kappa shape index (κ2) is 7.53. The Balaban J connectivity index is 1.51. The van der Waals surface area contributed by atoms with Gasteiger partial charge in [-0.15, -0.1) is 23.1 Å². The van der Waals surface area contributed by atoms with Crippen LogP contribution >= 0.6 is 35.7 Å². The number of thiophene rings is 1. The van der Waals surface area contributed by atoms with Gasteiger partial charge in [-0.05, 0) is 17.0 Å². The van der Waals surface area contributed by atoms with Crippen LogP contribution in [0.1, 0.15) is 10.4 Å². The van der Waals surface area contributed by atoms with Gasteiger partial charge in [0.2, 0.25) is 11.0 Å². The van der Waals surface area contributed by atoms with Gasteiger partial charge < -0.3 is 5.32 Å². The Hall–Kier alpha value is -2.03. The summed E-state index contributed by atoms with van der Waals surface area (Å²) in [7, 11) is 0. The number of carbonyl (C=O) groups is 3. The molecule has 2 aliphatic heterocycles. The number of hydrogen-bond donors (Lipinski definition) is 2. The number of hydrogen-bond acceptors (Lipinski definition) is 5. The second-order valence-corrected chi connectivity index (χ2v) is 8.69. The molecule has 27 heavy (non-hydrogen) atoms. The molecule has 138 valence electrons. The summed E-state index contributed by atoms with van der Waals surface area (Å²) in [6, 6.07) is 12.6. The molecule has 0 unspecified atom stereocenters. The smallest absolute Gasteiger partial charge is 0.253 e. The highest BCUT2D eigenvalue weighted by Gasteiger charge is 2.53. The molecule has 1 fully saturated rings. The van der Waals surface area contributed by atoms with Gasteiger partial charge in [-0.2, -0.15) is 0 Å². The summed E-state index contributed by atoms with van der Waals surface area (Å²) in [5, 5.41) is 4.05. The van der Waals surface area contributed by atoms with Gasteiger partial charge >= 0.3 is 0 Å². The molecular formula is C19H16N2O3S3. The van der Waals surface area contributed by atoms with Gasteiger partial charge in [-0.25, -0.2) is 0 Å². The molecule has 1 aromatic heterocycles. The van der Waals surface area contributed by atoms with Crippen LogP contribution in [0.3, 0.4) is 0 Å². The van der Waals surface area contributed by atoms with Crippen molar-refractivity contribution in [3.63, 3.8) is 0 Å². The first-order valence-electron chi connectivity index (χ1n) is 8.34. The van der Waals surface area contributed by atoms with Crippen LogP contribution in [0.25, 0.3) is 5.57 Å². The van der Waals surface area contributed by atoms with Crippen LogP contribution in [0, 0.1) is 0 Å². The third kappa shape index (κ3) is 3.44. The average molecular weight is 417 g/mol. The first-order chi connectivity index (χ1) is 13.1. The van der Waals surface area contributed by atoms with E-state index in [0.29, 0.717) is 11.4 Å². The van der Waals surface area contributed by atoms with Crippen molar-refractivity contribution < 1.29 is 14.4 Å². The summed E-state index contributed by atoms with van der Waals surface area (Å²) in [6.07, 6.45) is 0.219. The van der Waals surface area contributed by atoms with Gasteiger partial charge in [0.05, 0.1) is 6.42 Å². The maximum atomic E-state index is 12.7. The van der Waals surface area contributed by atoms with Gasteiger partial charge in [-0.1, -0.05) is 49.0 Å². The minimum atomic E-state index is -0.612. The first kappa shape index (κ1) is 18.3. The molecule has 1 N–H and O–H groups in total. The number of thioether (sulfide) groups is 1. The van der Waals surface area contributed by atoms with Crippen molar-refractivity contribution in [2.24, 2.45) is 0 Å². The van der Waals surface area contributed by atoms with E-state index in [4.69, 9.17) is 0 Å². The quantitative estimate of drug-likeness (QED) is 0.581. The predicted molar refractivity (Wildman–Crippen MR) is 110 cm³/mol. The van der Waals surface area contributed by atoms with E-state index in [1.54, 1.807) is 11.8 Å². The Kier molecular flexibility index (Phi) is 5.12. The molecule has 1 saturated heterocycles. The third-order valence-electron chi connectivity index (χ3n) is 4.51. The predicted octanol–water partition coefficient (Wildman–Crippen LogP) is 2.56. The lowest BCUT2D eigenvalue weighted by Crippen LogP contribution is -2.70. The Morgan fingerprint density at radius 1 is 1.19 bits per heavy atom. The fourth-order valence-electron chi connectivity index (χ4n) is 3.26. The summed E-state index contributed by atoms with van der Waals surface area (Å²) in [5.41, 5.74) is 2.05. The number of fused-ring (bicyclic) bond motifs is 1. The molecular weight excluding hydrogens is 400 g/mol. The molecule has 1 aromatic carbocycles. The van der Waals surface area contributed by atoms with Gasteiger partial charge in [0.15, 0.2) is 0 Å². The molecule has 3 heterocycles. The summed E-state index contributed by atoms with van der Waals surface area (Å²) in [4.78, 5) is 39.6. The largest absolute Gasteiger partial charge is 0.341 e.